The summed E-state index contributed by atoms with van der Waals surface area (Å²) in [5, 5.41) is 20.0. The lowest BCUT2D eigenvalue weighted by Crippen LogP contribution is -2.05. The van der Waals surface area contributed by atoms with Crippen molar-refractivity contribution in [3.8, 4) is 22.6 Å². The largest absolute Gasteiger partial charge is 0.508 e. The highest BCUT2D eigenvalue weighted by Gasteiger charge is 2.20. The molecule has 0 unspecified atom stereocenters. The SMILES string of the molecule is Cc1cc(O)c(C2CCCCC2)cc1-c1cccc(O)c1. The maximum Gasteiger partial charge on any atom is 0.119 e. The van der Waals surface area contributed by atoms with Gasteiger partial charge >= 0.3 is 0 Å². The van der Waals surface area contributed by atoms with Crippen molar-refractivity contribution < 1.29 is 10.2 Å². The molecule has 1 aliphatic rings. The molecule has 21 heavy (non-hydrogen) atoms. The summed E-state index contributed by atoms with van der Waals surface area (Å²) >= 11 is 0. The van der Waals surface area contributed by atoms with Gasteiger partial charge in [0.25, 0.3) is 0 Å². The number of hydrogen-bond acceptors (Lipinski definition) is 2. The van der Waals surface area contributed by atoms with Crippen molar-refractivity contribution in [2.75, 3.05) is 0 Å². The Labute approximate surface area is 126 Å². The third kappa shape index (κ3) is 2.90. The summed E-state index contributed by atoms with van der Waals surface area (Å²) in [4.78, 5) is 0. The van der Waals surface area contributed by atoms with Crippen molar-refractivity contribution in [2.45, 2.75) is 44.9 Å². The third-order valence-electron chi connectivity index (χ3n) is 4.58. The summed E-state index contributed by atoms with van der Waals surface area (Å²) in [6.07, 6.45) is 6.13. The van der Waals surface area contributed by atoms with E-state index in [9.17, 15) is 10.2 Å². The minimum atomic E-state index is 0.277. The average Bonchev–Trinajstić information content (AvgIpc) is 2.48. The number of aryl methyl sites for hydroxylation is 1. The number of aromatic hydroxyl groups is 2. The Hall–Kier alpha value is -1.96. The second kappa shape index (κ2) is 5.80. The van der Waals surface area contributed by atoms with Gasteiger partial charge in [-0.25, -0.2) is 0 Å². The summed E-state index contributed by atoms with van der Waals surface area (Å²) < 4.78 is 0. The van der Waals surface area contributed by atoms with Gasteiger partial charge in [0.1, 0.15) is 11.5 Å². The zero-order valence-electron chi connectivity index (χ0n) is 12.5. The molecule has 2 nitrogen and oxygen atoms in total. The number of phenols is 2. The summed E-state index contributed by atoms with van der Waals surface area (Å²) in [5.41, 5.74) is 4.21. The van der Waals surface area contributed by atoms with Crippen LogP contribution in [0.3, 0.4) is 0 Å². The van der Waals surface area contributed by atoms with Gasteiger partial charge < -0.3 is 10.2 Å². The average molecular weight is 282 g/mol. The minimum Gasteiger partial charge on any atom is -0.508 e. The van der Waals surface area contributed by atoms with E-state index in [0.29, 0.717) is 11.7 Å². The van der Waals surface area contributed by atoms with Gasteiger partial charge in [0.15, 0.2) is 0 Å². The molecule has 0 atom stereocenters. The van der Waals surface area contributed by atoms with E-state index in [4.69, 9.17) is 0 Å². The van der Waals surface area contributed by atoms with Crippen LogP contribution in [0.15, 0.2) is 36.4 Å². The lowest BCUT2D eigenvalue weighted by Gasteiger charge is -2.24. The first-order chi connectivity index (χ1) is 10.1. The van der Waals surface area contributed by atoms with Crippen molar-refractivity contribution >= 4 is 0 Å². The van der Waals surface area contributed by atoms with E-state index in [1.54, 1.807) is 12.1 Å². The third-order valence-corrected chi connectivity index (χ3v) is 4.58. The van der Waals surface area contributed by atoms with Gasteiger partial charge in [-0.2, -0.15) is 0 Å². The maximum absolute atomic E-state index is 10.3. The fraction of sp³-hybridized carbons (Fsp3) is 0.368. The molecule has 110 valence electrons. The predicted octanol–water partition coefficient (Wildman–Crippen LogP) is 5.12. The monoisotopic (exact) mass is 282 g/mol. The van der Waals surface area contributed by atoms with Crippen LogP contribution in [-0.2, 0) is 0 Å². The highest BCUT2D eigenvalue weighted by Crippen LogP contribution is 2.40. The second-order valence-corrected chi connectivity index (χ2v) is 6.11. The molecular weight excluding hydrogens is 260 g/mol. The molecule has 2 heteroatoms. The van der Waals surface area contributed by atoms with Crippen molar-refractivity contribution in [2.24, 2.45) is 0 Å². The smallest absolute Gasteiger partial charge is 0.119 e. The molecule has 1 fully saturated rings. The summed E-state index contributed by atoms with van der Waals surface area (Å²) in [7, 11) is 0. The van der Waals surface area contributed by atoms with Gasteiger partial charge in [-0.05, 0) is 72.2 Å². The fourth-order valence-corrected chi connectivity index (χ4v) is 3.43. The van der Waals surface area contributed by atoms with Crippen LogP contribution in [0.5, 0.6) is 11.5 Å². The number of hydrogen-bond donors (Lipinski definition) is 2. The van der Waals surface area contributed by atoms with Crippen molar-refractivity contribution in [1.82, 2.24) is 0 Å². The van der Waals surface area contributed by atoms with E-state index >= 15 is 0 Å². The highest BCUT2D eigenvalue weighted by molar-refractivity contribution is 5.71. The number of rotatable bonds is 2. The first-order valence-electron chi connectivity index (χ1n) is 7.78. The highest BCUT2D eigenvalue weighted by atomic mass is 16.3. The standard InChI is InChI=1S/C19H22O2/c1-13-10-19(21)18(14-6-3-2-4-7-14)12-17(13)15-8-5-9-16(20)11-15/h5,8-12,14,20-21H,2-4,6-7H2,1H3. The molecule has 0 aromatic heterocycles. The number of phenolic OH excluding ortho intramolecular Hbond substituents is 2. The Bertz CT molecular complexity index is 640. The molecule has 0 aliphatic heterocycles. The molecule has 0 saturated heterocycles. The first-order valence-corrected chi connectivity index (χ1v) is 7.78. The van der Waals surface area contributed by atoms with Crippen molar-refractivity contribution in [3.05, 3.63) is 47.5 Å². The molecular formula is C19H22O2. The van der Waals surface area contributed by atoms with E-state index in [1.807, 2.05) is 25.1 Å². The summed E-state index contributed by atoms with van der Waals surface area (Å²) in [6, 6.07) is 11.3. The minimum absolute atomic E-state index is 0.277. The molecule has 2 aromatic carbocycles. The zero-order valence-corrected chi connectivity index (χ0v) is 12.5. The van der Waals surface area contributed by atoms with Crippen LogP contribution in [0.1, 0.15) is 49.1 Å². The van der Waals surface area contributed by atoms with E-state index in [0.717, 1.165) is 35.1 Å². The Balaban J connectivity index is 2.04. The van der Waals surface area contributed by atoms with E-state index < -0.39 is 0 Å². The maximum atomic E-state index is 10.3. The van der Waals surface area contributed by atoms with Gasteiger partial charge in [0.05, 0.1) is 0 Å². The molecule has 0 heterocycles. The van der Waals surface area contributed by atoms with E-state index in [1.165, 1.54) is 19.3 Å². The van der Waals surface area contributed by atoms with Crippen LogP contribution in [0.2, 0.25) is 0 Å². The first kappa shape index (κ1) is 14.0. The van der Waals surface area contributed by atoms with Gasteiger partial charge in [-0.1, -0.05) is 31.4 Å². The van der Waals surface area contributed by atoms with Crippen LogP contribution in [0.25, 0.3) is 11.1 Å². The Morgan fingerprint density at radius 2 is 1.71 bits per heavy atom. The lowest BCUT2D eigenvalue weighted by molar-refractivity contribution is 0.414. The van der Waals surface area contributed by atoms with Crippen molar-refractivity contribution in [3.63, 3.8) is 0 Å². The molecule has 0 spiro atoms. The number of benzene rings is 2. The van der Waals surface area contributed by atoms with Gasteiger partial charge in [0, 0.05) is 0 Å². The molecule has 2 aromatic rings. The normalized spacial score (nSPS) is 16.0. The van der Waals surface area contributed by atoms with Crippen LogP contribution in [0.4, 0.5) is 0 Å². The molecule has 3 rings (SSSR count). The quantitative estimate of drug-likeness (QED) is 0.802. The Morgan fingerprint density at radius 3 is 2.43 bits per heavy atom. The summed E-state index contributed by atoms with van der Waals surface area (Å²) in [6.45, 7) is 2.00. The van der Waals surface area contributed by atoms with E-state index in [-0.39, 0.29) is 5.75 Å². The fourth-order valence-electron chi connectivity index (χ4n) is 3.43. The Morgan fingerprint density at radius 1 is 0.952 bits per heavy atom. The zero-order chi connectivity index (χ0) is 14.8. The molecule has 2 N–H and O–H groups in total. The lowest BCUT2D eigenvalue weighted by atomic mass is 9.82. The van der Waals surface area contributed by atoms with Crippen LogP contribution < -0.4 is 0 Å². The topological polar surface area (TPSA) is 40.5 Å². The molecule has 0 radical (unpaired) electrons. The molecule has 0 bridgehead atoms. The molecule has 0 amide bonds. The van der Waals surface area contributed by atoms with Gasteiger partial charge in [0.2, 0.25) is 0 Å². The van der Waals surface area contributed by atoms with Crippen LogP contribution >= 0.6 is 0 Å². The van der Waals surface area contributed by atoms with Crippen LogP contribution in [-0.4, -0.2) is 10.2 Å². The molecule has 1 saturated carbocycles. The van der Waals surface area contributed by atoms with Crippen molar-refractivity contribution in [1.29, 1.82) is 0 Å². The predicted molar refractivity (Wildman–Crippen MR) is 85.8 cm³/mol. The van der Waals surface area contributed by atoms with Crippen LogP contribution in [0, 0.1) is 6.92 Å². The molecule has 1 aliphatic carbocycles. The van der Waals surface area contributed by atoms with Gasteiger partial charge in [-0.15, -0.1) is 0 Å². The van der Waals surface area contributed by atoms with Gasteiger partial charge in [-0.3, -0.25) is 0 Å². The van der Waals surface area contributed by atoms with E-state index in [2.05, 4.69) is 6.07 Å². The summed E-state index contributed by atoms with van der Waals surface area (Å²) in [5.74, 6) is 1.16. The Kier molecular flexibility index (Phi) is 3.87. The second-order valence-electron chi connectivity index (χ2n) is 6.11.